The average molecular weight is 288 g/mol. The van der Waals surface area contributed by atoms with E-state index in [1.807, 2.05) is 13.0 Å². The van der Waals surface area contributed by atoms with Gasteiger partial charge >= 0.3 is 0 Å². The van der Waals surface area contributed by atoms with Crippen molar-refractivity contribution in [2.24, 2.45) is 5.73 Å². The molecule has 3 N–H and O–H groups in total. The van der Waals surface area contributed by atoms with Gasteiger partial charge in [0.05, 0.1) is 0 Å². The summed E-state index contributed by atoms with van der Waals surface area (Å²) in [6, 6.07) is 3.56. The number of rotatable bonds is 5. The van der Waals surface area contributed by atoms with Crippen molar-refractivity contribution in [3.05, 3.63) is 17.0 Å². The minimum Gasteiger partial charge on any atom is -0.329 e. The Morgan fingerprint density at radius 2 is 2.06 bits per heavy atom. The summed E-state index contributed by atoms with van der Waals surface area (Å²) in [4.78, 5) is 1.09. The van der Waals surface area contributed by atoms with Gasteiger partial charge in [-0.3, -0.25) is 0 Å². The van der Waals surface area contributed by atoms with Crippen LogP contribution >= 0.6 is 11.3 Å². The van der Waals surface area contributed by atoms with E-state index < -0.39 is 15.6 Å². The van der Waals surface area contributed by atoms with Gasteiger partial charge in [-0.1, -0.05) is 19.8 Å². The lowest BCUT2D eigenvalue weighted by atomic mass is 10.0. The summed E-state index contributed by atoms with van der Waals surface area (Å²) < 4.78 is 27.9. The molecule has 0 unspecified atom stereocenters. The molecule has 1 fully saturated rings. The molecule has 1 aromatic heterocycles. The molecule has 0 atom stereocenters. The maximum absolute atomic E-state index is 12.3. The van der Waals surface area contributed by atoms with Crippen LogP contribution in [0.2, 0.25) is 0 Å². The third-order valence-corrected chi connectivity index (χ3v) is 6.85. The number of hydrogen-bond acceptors (Lipinski definition) is 4. The first kappa shape index (κ1) is 14.0. The van der Waals surface area contributed by atoms with Gasteiger partial charge in [0, 0.05) is 17.0 Å². The Balaban J connectivity index is 2.21. The van der Waals surface area contributed by atoms with E-state index in [-0.39, 0.29) is 0 Å². The number of sulfonamides is 1. The molecular formula is C12H20N2O2S2. The van der Waals surface area contributed by atoms with E-state index in [1.54, 1.807) is 6.07 Å². The highest BCUT2D eigenvalue weighted by Crippen LogP contribution is 2.31. The molecule has 1 aliphatic rings. The van der Waals surface area contributed by atoms with Gasteiger partial charge in [-0.05, 0) is 31.4 Å². The maximum atomic E-state index is 12.3. The van der Waals surface area contributed by atoms with Crippen LogP contribution in [0.25, 0.3) is 0 Å². The summed E-state index contributed by atoms with van der Waals surface area (Å²) in [6.07, 6.45) is 4.64. The molecule has 0 radical (unpaired) electrons. The van der Waals surface area contributed by atoms with Gasteiger partial charge in [0.1, 0.15) is 4.21 Å². The highest BCUT2D eigenvalue weighted by molar-refractivity contribution is 7.91. The van der Waals surface area contributed by atoms with E-state index >= 15 is 0 Å². The Kier molecular flexibility index (Phi) is 4.11. The first-order valence-corrected chi connectivity index (χ1v) is 8.64. The summed E-state index contributed by atoms with van der Waals surface area (Å²) in [5.74, 6) is 0. The maximum Gasteiger partial charge on any atom is 0.250 e. The molecule has 0 amide bonds. The normalized spacial score (nSPS) is 19.2. The van der Waals surface area contributed by atoms with E-state index in [1.165, 1.54) is 11.3 Å². The van der Waals surface area contributed by atoms with E-state index in [9.17, 15) is 8.42 Å². The smallest absolute Gasteiger partial charge is 0.250 e. The number of nitrogens with one attached hydrogen (secondary N) is 1. The van der Waals surface area contributed by atoms with E-state index in [0.29, 0.717) is 10.8 Å². The van der Waals surface area contributed by atoms with Gasteiger partial charge in [-0.25, -0.2) is 13.1 Å². The van der Waals surface area contributed by atoms with E-state index in [2.05, 4.69) is 4.72 Å². The molecule has 0 aliphatic heterocycles. The van der Waals surface area contributed by atoms with E-state index in [4.69, 9.17) is 5.73 Å². The summed E-state index contributed by atoms with van der Waals surface area (Å²) >= 11 is 1.34. The van der Waals surface area contributed by atoms with Crippen molar-refractivity contribution in [1.82, 2.24) is 4.72 Å². The second-order valence-electron chi connectivity index (χ2n) is 4.87. The third-order valence-electron chi connectivity index (χ3n) is 3.55. The van der Waals surface area contributed by atoms with Crippen LogP contribution in [0.4, 0.5) is 0 Å². The number of hydrogen-bond donors (Lipinski definition) is 2. The van der Waals surface area contributed by atoms with Crippen molar-refractivity contribution in [2.45, 2.75) is 48.8 Å². The SMILES string of the molecule is CCc1ccc(S(=O)(=O)NC2(CN)CCCC2)s1. The molecular weight excluding hydrogens is 268 g/mol. The molecule has 2 rings (SSSR count). The number of aryl methyl sites for hydroxylation is 1. The van der Waals surface area contributed by atoms with Crippen molar-refractivity contribution in [3.8, 4) is 0 Å². The van der Waals surface area contributed by atoms with Crippen molar-refractivity contribution >= 4 is 21.4 Å². The molecule has 102 valence electrons. The summed E-state index contributed by atoms with van der Waals surface area (Å²) in [5.41, 5.74) is 5.34. The Hall–Kier alpha value is -0.430. The van der Waals surface area contributed by atoms with Crippen LogP contribution in [0.3, 0.4) is 0 Å². The molecule has 1 aromatic rings. The highest BCUT2D eigenvalue weighted by Gasteiger charge is 2.37. The Bertz CT molecular complexity index is 502. The Labute approximate surface area is 113 Å². The quantitative estimate of drug-likeness (QED) is 0.868. The minimum absolute atomic E-state index is 0.373. The predicted octanol–water partition coefficient (Wildman–Crippen LogP) is 1.86. The molecule has 18 heavy (non-hydrogen) atoms. The second-order valence-corrected chi connectivity index (χ2v) is 7.95. The Morgan fingerprint density at radius 3 is 2.56 bits per heavy atom. The number of thiophene rings is 1. The fraction of sp³-hybridized carbons (Fsp3) is 0.667. The lowest BCUT2D eigenvalue weighted by Gasteiger charge is -2.27. The minimum atomic E-state index is -3.41. The molecule has 1 heterocycles. The van der Waals surface area contributed by atoms with Gasteiger partial charge in [0.2, 0.25) is 0 Å². The van der Waals surface area contributed by atoms with E-state index in [0.717, 1.165) is 37.0 Å². The van der Waals surface area contributed by atoms with Crippen LogP contribution in [0.15, 0.2) is 16.3 Å². The zero-order chi connectivity index (χ0) is 13.2. The topological polar surface area (TPSA) is 72.2 Å². The molecule has 0 bridgehead atoms. The van der Waals surface area contributed by atoms with Crippen LogP contribution < -0.4 is 10.5 Å². The predicted molar refractivity (Wildman–Crippen MR) is 74.3 cm³/mol. The fourth-order valence-electron chi connectivity index (χ4n) is 2.43. The monoisotopic (exact) mass is 288 g/mol. The molecule has 6 heteroatoms. The fourth-order valence-corrected chi connectivity index (χ4v) is 5.19. The first-order valence-electron chi connectivity index (χ1n) is 6.34. The summed E-state index contributed by atoms with van der Waals surface area (Å²) in [7, 11) is -3.41. The van der Waals surface area contributed by atoms with Crippen LogP contribution in [0.1, 0.15) is 37.5 Å². The zero-order valence-corrected chi connectivity index (χ0v) is 12.2. The van der Waals surface area contributed by atoms with Crippen molar-refractivity contribution < 1.29 is 8.42 Å². The van der Waals surface area contributed by atoms with Crippen LogP contribution in [0, 0.1) is 0 Å². The molecule has 1 saturated carbocycles. The van der Waals surface area contributed by atoms with Crippen molar-refractivity contribution in [3.63, 3.8) is 0 Å². The molecule has 4 nitrogen and oxygen atoms in total. The first-order chi connectivity index (χ1) is 8.51. The molecule has 0 spiro atoms. The van der Waals surface area contributed by atoms with Gasteiger partial charge in [0.25, 0.3) is 10.0 Å². The van der Waals surface area contributed by atoms with Crippen LogP contribution in [-0.4, -0.2) is 20.5 Å². The standard InChI is InChI=1S/C12H20N2O2S2/c1-2-10-5-6-11(17-10)18(15,16)14-12(9-13)7-3-4-8-12/h5-6,14H,2-4,7-9,13H2,1H3. The molecule has 0 saturated heterocycles. The lowest BCUT2D eigenvalue weighted by molar-refractivity contribution is 0.400. The second kappa shape index (κ2) is 5.28. The third kappa shape index (κ3) is 2.77. The van der Waals surface area contributed by atoms with Gasteiger partial charge in [0.15, 0.2) is 0 Å². The van der Waals surface area contributed by atoms with Gasteiger partial charge in [-0.15, -0.1) is 11.3 Å². The molecule has 0 aromatic carbocycles. The molecule has 1 aliphatic carbocycles. The number of nitrogens with two attached hydrogens (primary N) is 1. The summed E-state index contributed by atoms with van der Waals surface area (Å²) in [5, 5.41) is 0. The Morgan fingerprint density at radius 1 is 1.39 bits per heavy atom. The highest BCUT2D eigenvalue weighted by atomic mass is 32.2. The van der Waals surface area contributed by atoms with Crippen molar-refractivity contribution in [1.29, 1.82) is 0 Å². The van der Waals surface area contributed by atoms with Gasteiger partial charge in [-0.2, -0.15) is 0 Å². The largest absolute Gasteiger partial charge is 0.329 e. The zero-order valence-electron chi connectivity index (χ0n) is 10.6. The van der Waals surface area contributed by atoms with Gasteiger partial charge < -0.3 is 5.73 Å². The summed E-state index contributed by atoms with van der Waals surface area (Å²) in [6.45, 7) is 2.40. The lowest BCUT2D eigenvalue weighted by Crippen LogP contribution is -2.51. The van der Waals surface area contributed by atoms with Crippen LogP contribution in [0.5, 0.6) is 0 Å². The average Bonchev–Trinajstić information content (AvgIpc) is 2.97. The van der Waals surface area contributed by atoms with Crippen molar-refractivity contribution in [2.75, 3.05) is 6.54 Å². The van der Waals surface area contributed by atoms with Crippen LogP contribution in [-0.2, 0) is 16.4 Å².